The molecule has 4 saturated carbocycles. The molecule has 4 fully saturated rings. The fourth-order valence-electron chi connectivity index (χ4n) is 5.82. The molecule has 5 rings (SSSR count). The number of aromatic nitrogens is 1. The maximum Gasteiger partial charge on any atom is 0.0210 e. The minimum absolute atomic E-state index is 0.462. The van der Waals surface area contributed by atoms with E-state index in [1.165, 1.54) is 44.2 Å². The molecule has 4 aliphatic rings. The topological polar surface area (TPSA) is 27.8 Å². The van der Waals surface area contributed by atoms with Crippen molar-refractivity contribution in [3.8, 4) is 0 Å². The molecule has 0 radical (unpaired) electrons. The fraction of sp³-hybridized carbons (Fsp3) is 0.750. The minimum atomic E-state index is 0.462. The predicted octanol–water partition coefficient (Wildman–Crippen LogP) is 3.21. The zero-order chi connectivity index (χ0) is 12.2. The van der Waals surface area contributed by atoms with Gasteiger partial charge in [0.15, 0.2) is 0 Å². The van der Waals surface area contributed by atoms with Crippen LogP contribution in [-0.4, -0.2) is 17.1 Å². The lowest BCUT2D eigenvalue weighted by Crippen LogP contribution is -2.63. The number of rotatable bonds is 3. The summed E-state index contributed by atoms with van der Waals surface area (Å²) >= 11 is 0. The number of hydrogen-bond donors (Lipinski definition) is 2. The van der Waals surface area contributed by atoms with Crippen LogP contribution in [0, 0.1) is 11.8 Å². The molecule has 0 saturated heterocycles. The molecule has 1 aromatic heterocycles. The van der Waals surface area contributed by atoms with E-state index in [1.807, 2.05) is 0 Å². The van der Waals surface area contributed by atoms with Crippen LogP contribution in [0.5, 0.6) is 0 Å². The van der Waals surface area contributed by atoms with Crippen molar-refractivity contribution in [2.24, 2.45) is 11.8 Å². The number of nitrogens with one attached hydrogen (secondary N) is 2. The summed E-state index contributed by atoms with van der Waals surface area (Å²) in [6.07, 6.45) is 10.7. The Bertz CT molecular complexity index is 420. The van der Waals surface area contributed by atoms with Gasteiger partial charge in [0, 0.05) is 22.8 Å². The molecule has 1 heterocycles. The van der Waals surface area contributed by atoms with Gasteiger partial charge < -0.3 is 10.3 Å². The van der Waals surface area contributed by atoms with Crippen molar-refractivity contribution < 1.29 is 0 Å². The normalized spacial score (nSPS) is 45.6. The first kappa shape index (κ1) is 11.1. The SMILES string of the molecule is CCNC12CC3CC(C1)CC(c1ccc[nH]1)(C3)C2. The molecule has 0 aromatic carbocycles. The summed E-state index contributed by atoms with van der Waals surface area (Å²) in [6.45, 7) is 3.39. The second-order valence-corrected chi connectivity index (χ2v) is 7.14. The van der Waals surface area contributed by atoms with E-state index in [-0.39, 0.29) is 0 Å². The number of aromatic amines is 1. The van der Waals surface area contributed by atoms with Gasteiger partial charge in [-0.3, -0.25) is 0 Å². The highest BCUT2D eigenvalue weighted by molar-refractivity contribution is 5.26. The second-order valence-electron chi connectivity index (χ2n) is 7.14. The molecule has 0 aliphatic heterocycles. The highest BCUT2D eigenvalue weighted by Gasteiger charge is 2.58. The average molecular weight is 244 g/mol. The molecular formula is C16H24N2. The first-order valence-corrected chi connectivity index (χ1v) is 7.63. The molecule has 2 N–H and O–H groups in total. The molecule has 1 aromatic rings. The summed E-state index contributed by atoms with van der Waals surface area (Å²) in [5, 5.41) is 3.86. The first-order valence-electron chi connectivity index (χ1n) is 7.63. The maximum absolute atomic E-state index is 3.86. The Morgan fingerprint density at radius 2 is 2.06 bits per heavy atom. The Hall–Kier alpha value is -0.760. The molecule has 2 atom stereocenters. The molecular weight excluding hydrogens is 220 g/mol. The van der Waals surface area contributed by atoms with E-state index in [9.17, 15) is 0 Å². The van der Waals surface area contributed by atoms with Crippen LogP contribution in [0.4, 0.5) is 0 Å². The molecule has 0 spiro atoms. The first-order chi connectivity index (χ1) is 8.74. The van der Waals surface area contributed by atoms with Crippen LogP contribution in [0.3, 0.4) is 0 Å². The van der Waals surface area contributed by atoms with Gasteiger partial charge in [0.2, 0.25) is 0 Å². The van der Waals surface area contributed by atoms with Crippen LogP contribution in [0.25, 0.3) is 0 Å². The summed E-state index contributed by atoms with van der Waals surface area (Å²) < 4.78 is 0. The van der Waals surface area contributed by atoms with Crippen LogP contribution < -0.4 is 5.32 Å². The smallest absolute Gasteiger partial charge is 0.0210 e. The minimum Gasteiger partial charge on any atom is -0.365 e. The summed E-state index contributed by atoms with van der Waals surface area (Å²) in [4.78, 5) is 3.53. The van der Waals surface area contributed by atoms with Crippen molar-refractivity contribution >= 4 is 0 Å². The highest BCUT2D eigenvalue weighted by atomic mass is 15.0. The van der Waals surface area contributed by atoms with Crippen molar-refractivity contribution in [2.75, 3.05) is 6.54 Å². The fourth-order valence-corrected chi connectivity index (χ4v) is 5.82. The molecule has 18 heavy (non-hydrogen) atoms. The third-order valence-corrected chi connectivity index (χ3v) is 5.78. The van der Waals surface area contributed by atoms with Crippen LogP contribution in [0.2, 0.25) is 0 Å². The molecule has 98 valence electrons. The van der Waals surface area contributed by atoms with Crippen molar-refractivity contribution in [2.45, 2.75) is 56.4 Å². The third-order valence-electron chi connectivity index (χ3n) is 5.78. The van der Waals surface area contributed by atoms with Crippen molar-refractivity contribution in [1.82, 2.24) is 10.3 Å². The zero-order valence-electron chi connectivity index (χ0n) is 11.3. The molecule has 2 unspecified atom stereocenters. The standard InChI is InChI=1S/C16H24N2/c1-2-18-16-9-12-6-13(10-16)8-15(7-12,11-16)14-4-3-5-17-14/h3-5,12-13,17-18H,2,6-11H2,1H3. The Labute approximate surface area is 110 Å². The van der Waals surface area contributed by atoms with Gasteiger partial charge in [0.25, 0.3) is 0 Å². The zero-order valence-corrected chi connectivity index (χ0v) is 11.3. The van der Waals surface area contributed by atoms with Crippen LogP contribution in [-0.2, 0) is 5.41 Å². The van der Waals surface area contributed by atoms with Crippen LogP contribution >= 0.6 is 0 Å². The third kappa shape index (κ3) is 1.45. The van der Waals surface area contributed by atoms with Gasteiger partial charge in [0.05, 0.1) is 0 Å². The van der Waals surface area contributed by atoms with Gasteiger partial charge in [-0.15, -0.1) is 0 Å². The van der Waals surface area contributed by atoms with E-state index in [4.69, 9.17) is 0 Å². The Morgan fingerprint density at radius 1 is 1.28 bits per heavy atom. The van der Waals surface area contributed by atoms with Gasteiger partial charge in [-0.25, -0.2) is 0 Å². The summed E-state index contributed by atoms with van der Waals surface area (Å²) in [6, 6.07) is 4.50. The van der Waals surface area contributed by atoms with E-state index < -0.39 is 0 Å². The lowest BCUT2D eigenvalue weighted by atomic mass is 9.46. The molecule has 4 aliphatic carbocycles. The summed E-state index contributed by atoms with van der Waals surface area (Å²) in [7, 11) is 0. The van der Waals surface area contributed by atoms with Gasteiger partial charge in [0.1, 0.15) is 0 Å². The molecule has 4 bridgehead atoms. The van der Waals surface area contributed by atoms with Crippen molar-refractivity contribution in [1.29, 1.82) is 0 Å². The van der Waals surface area contributed by atoms with E-state index in [1.54, 1.807) is 0 Å². The lowest BCUT2D eigenvalue weighted by molar-refractivity contribution is -0.0413. The lowest BCUT2D eigenvalue weighted by Gasteiger charge is -2.62. The average Bonchev–Trinajstić information content (AvgIpc) is 2.80. The monoisotopic (exact) mass is 244 g/mol. The Morgan fingerprint density at radius 3 is 2.67 bits per heavy atom. The predicted molar refractivity (Wildman–Crippen MR) is 73.6 cm³/mol. The van der Waals surface area contributed by atoms with Gasteiger partial charge in [-0.2, -0.15) is 0 Å². The largest absolute Gasteiger partial charge is 0.365 e. The number of H-pyrrole nitrogens is 1. The van der Waals surface area contributed by atoms with Gasteiger partial charge in [-0.1, -0.05) is 6.92 Å². The summed E-state index contributed by atoms with van der Waals surface area (Å²) in [5.41, 5.74) is 2.44. The molecule has 2 heteroatoms. The second kappa shape index (κ2) is 3.63. The van der Waals surface area contributed by atoms with Crippen LogP contribution in [0.1, 0.15) is 51.1 Å². The Kier molecular flexibility index (Phi) is 2.24. The van der Waals surface area contributed by atoms with Gasteiger partial charge in [-0.05, 0) is 69.0 Å². The van der Waals surface area contributed by atoms with E-state index in [0.717, 1.165) is 18.4 Å². The molecule has 0 amide bonds. The van der Waals surface area contributed by atoms with Gasteiger partial charge >= 0.3 is 0 Å². The molecule has 2 nitrogen and oxygen atoms in total. The maximum atomic E-state index is 3.86. The van der Waals surface area contributed by atoms with Crippen LogP contribution in [0.15, 0.2) is 18.3 Å². The summed E-state index contributed by atoms with van der Waals surface area (Å²) in [5.74, 6) is 1.93. The van der Waals surface area contributed by atoms with E-state index >= 15 is 0 Å². The van der Waals surface area contributed by atoms with E-state index in [2.05, 4.69) is 35.6 Å². The Balaban J connectivity index is 1.74. The number of hydrogen-bond acceptors (Lipinski definition) is 1. The highest BCUT2D eigenvalue weighted by Crippen LogP contribution is 2.61. The quantitative estimate of drug-likeness (QED) is 0.839. The van der Waals surface area contributed by atoms with Crippen molar-refractivity contribution in [3.05, 3.63) is 24.0 Å². The van der Waals surface area contributed by atoms with E-state index in [0.29, 0.717) is 11.0 Å². The van der Waals surface area contributed by atoms with Crippen molar-refractivity contribution in [3.63, 3.8) is 0 Å².